The van der Waals surface area contributed by atoms with Crippen molar-refractivity contribution in [2.75, 3.05) is 0 Å². The number of nitrogens with one attached hydrogen (secondary N) is 1. The number of aromatic nitrogens is 1. The topological polar surface area (TPSA) is 15.8 Å². The lowest BCUT2D eigenvalue weighted by Crippen LogP contribution is -1.61. The molecule has 0 saturated heterocycles. The molecule has 0 aromatic carbocycles. The quantitative estimate of drug-likeness (QED) is 0.531. The van der Waals surface area contributed by atoms with Crippen LogP contribution in [0.1, 0.15) is 10.9 Å². The van der Waals surface area contributed by atoms with Crippen molar-refractivity contribution in [2.45, 2.75) is 13.8 Å². The molecule has 0 aliphatic carbocycles. The molecule has 0 spiro atoms. The smallest absolute Gasteiger partial charge is 0.0138 e. The monoisotopic (exact) mass is 113 g/mol. The Hall–Kier alpha value is -0.290. The van der Waals surface area contributed by atoms with Gasteiger partial charge in [0.1, 0.15) is 0 Å². The second-order valence-corrected chi connectivity index (χ2v) is 2.81. The Labute approximate surface area is 44.9 Å². The maximum Gasteiger partial charge on any atom is 0.0138 e. The van der Waals surface area contributed by atoms with E-state index in [4.69, 9.17) is 0 Å². The van der Waals surface area contributed by atoms with Crippen molar-refractivity contribution in [1.29, 1.82) is 0 Å². The summed E-state index contributed by atoms with van der Waals surface area (Å²) in [5.41, 5.74) is 1.38. The molecule has 0 amide bonds. The first-order valence-electron chi connectivity index (χ1n) is 2.27. The first-order chi connectivity index (χ1) is 3.30. The van der Waals surface area contributed by atoms with Crippen LogP contribution in [0, 0.1) is 13.8 Å². The molecule has 1 nitrogen and oxygen atoms in total. The average molecular weight is 113 g/mol. The summed E-state index contributed by atoms with van der Waals surface area (Å²) in [4.78, 5) is 0. The number of hydrogen-bond donors (Lipinski definition) is 1. The first kappa shape index (κ1) is 4.86. The van der Waals surface area contributed by atoms with Crippen molar-refractivity contribution in [3.8, 4) is 0 Å². The standard InChI is InChI=1S/C5H8NP/c1-4-3-6-7-5(4)2/h3,6H,1-2H3. The van der Waals surface area contributed by atoms with Gasteiger partial charge < -0.3 is 4.75 Å². The van der Waals surface area contributed by atoms with Crippen LogP contribution in [-0.4, -0.2) is 4.75 Å². The zero-order valence-corrected chi connectivity index (χ0v) is 5.42. The summed E-state index contributed by atoms with van der Waals surface area (Å²) in [6.45, 7) is 4.25. The van der Waals surface area contributed by atoms with Crippen molar-refractivity contribution < 1.29 is 0 Å². The Morgan fingerprint density at radius 1 is 1.57 bits per heavy atom. The third-order valence-electron chi connectivity index (χ3n) is 1.08. The van der Waals surface area contributed by atoms with E-state index >= 15 is 0 Å². The largest absolute Gasteiger partial charge is 0.344 e. The zero-order chi connectivity index (χ0) is 5.28. The van der Waals surface area contributed by atoms with E-state index in [1.807, 2.05) is 6.20 Å². The third-order valence-corrected chi connectivity index (χ3v) is 2.03. The van der Waals surface area contributed by atoms with Gasteiger partial charge in [-0.2, -0.15) is 0 Å². The Morgan fingerprint density at radius 2 is 2.29 bits per heavy atom. The second-order valence-electron chi connectivity index (χ2n) is 1.65. The zero-order valence-electron chi connectivity index (χ0n) is 4.52. The first-order valence-corrected chi connectivity index (χ1v) is 3.17. The van der Waals surface area contributed by atoms with Crippen molar-refractivity contribution in [2.24, 2.45) is 0 Å². The van der Waals surface area contributed by atoms with Gasteiger partial charge in [0.05, 0.1) is 0 Å². The fourth-order valence-corrected chi connectivity index (χ4v) is 1.11. The molecule has 1 rings (SSSR count). The molecule has 0 aliphatic heterocycles. The highest BCUT2D eigenvalue weighted by Gasteiger charge is 1.87. The summed E-state index contributed by atoms with van der Waals surface area (Å²) >= 11 is 0. The molecule has 1 N–H and O–H groups in total. The van der Waals surface area contributed by atoms with Crippen LogP contribution in [0.4, 0.5) is 0 Å². The number of rotatable bonds is 0. The minimum atomic E-state index is 1.26. The Bertz CT molecular complexity index is 140. The van der Waals surface area contributed by atoms with Crippen molar-refractivity contribution >= 4 is 8.35 Å². The highest BCUT2D eigenvalue weighted by molar-refractivity contribution is 7.26. The van der Waals surface area contributed by atoms with Gasteiger partial charge >= 0.3 is 0 Å². The van der Waals surface area contributed by atoms with Crippen LogP contribution in [0.25, 0.3) is 0 Å². The van der Waals surface area contributed by atoms with Crippen molar-refractivity contribution in [3.05, 3.63) is 17.1 Å². The van der Waals surface area contributed by atoms with E-state index in [1.165, 1.54) is 19.2 Å². The summed E-state index contributed by atoms with van der Waals surface area (Å²) in [6, 6.07) is 0. The van der Waals surface area contributed by atoms with Gasteiger partial charge in [-0.3, -0.25) is 0 Å². The molecule has 1 heterocycles. The molecule has 0 aliphatic rings. The molecule has 0 fully saturated rings. The van der Waals surface area contributed by atoms with E-state index in [2.05, 4.69) is 18.6 Å². The van der Waals surface area contributed by atoms with Crippen molar-refractivity contribution in [3.63, 3.8) is 0 Å². The number of hydrogen-bond acceptors (Lipinski definition) is 0. The molecule has 38 valence electrons. The number of H-pyrrole nitrogens is 1. The molecule has 0 unspecified atom stereocenters. The summed E-state index contributed by atoms with van der Waals surface area (Å²) in [6.07, 6.45) is 2.04. The highest BCUT2D eigenvalue weighted by Crippen LogP contribution is 2.13. The predicted octanol–water partition coefficient (Wildman–Crippen LogP) is 2.21. The Kier molecular flexibility index (Phi) is 1.16. The van der Waals surface area contributed by atoms with Gasteiger partial charge in [-0.1, -0.05) is 0 Å². The lowest BCUT2D eigenvalue weighted by atomic mass is 10.3. The molecule has 0 atom stereocenters. The molecule has 0 saturated carbocycles. The summed E-state index contributed by atoms with van der Waals surface area (Å²) in [5, 5.41) is 1.43. The summed E-state index contributed by atoms with van der Waals surface area (Å²) in [5.74, 6) is 0. The van der Waals surface area contributed by atoms with Gasteiger partial charge in [0.2, 0.25) is 0 Å². The fraction of sp³-hybridized carbons (Fsp3) is 0.400. The minimum Gasteiger partial charge on any atom is -0.344 e. The van der Waals surface area contributed by atoms with Gasteiger partial charge in [0.25, 0.3) is 0 Å². The average Bonchev–Trinajstić information content (AvgIpc) is 1.91. The lowest BCUT2D eigenvalue weighted by molar-refractivity contribution is 1.40. The summed E-state index contributed by atoms with van der Waals surface area (Å²) in [7, 11) is 1.26. The maximum atomic E-state index is 3.09. The Morgan fingerprint density at radius 3 is 2.43 bits per heavy atom. The van der Waals surface area contributed by atoms with Crippen LogP contribution in [0.15, 0.2) is 6.20 Å². The number of aryl methyl sites for hydroxylation is 2. The molecular weight excluding hydrogens is 105 g/mol. The molecule has 0 bridgehead atoms. The lowest BCUT2D eigenvalue weighted by Gasteiger charge is -1.78. The Balaban J connectivity index is 3.12. The van der Waals surface area contributed by atoms with E-state index < -0.39 is 0 Å². The fourth-order valence-electron chi connectivity index (χ4n) is 0.419. The van der Waals surface area contributed by atoms with E-state index in [0.717, 1.165) is 0 Å². The molecule has 0 radical (unpaired) electrons. The number of aromatic amines is 1. The molecule has 1 aromatic rings. The van der Waals surface area contributed by atoms with Gasteiger partial charge in [-0.15, -0.1) is 0 Å². The molecule has 7 heavy (non-hydrogen) atoms. The predicted molar refractivity (Wildman–Crippen MR) is 32.8 cm³/mol. The van der Waals surface area contributed by atoms with E-state index in [9.17, 15) is 0 Å². The van der Waals surface area contributed by atoms with Gasteiger partial charge in [0, 0.05) is 14.5 Å². The highest BCUT2D eigenvalue weighted by atomic mass is 31.0. The van der Waals surface area contributed by atoms with E-state index in [-0.39, 0.29) is 0 Å². The van der Waals surface area contributed by atoms with Crippen LogP contribution < -0.4 is 0 Å². The van der Waals surface area contributed by atoms with Crippen LogP contribution in [0.5, 0.6) is 0 Å². The minimum absolute atomic E-state index is 1.26. The van der Waals surface area contributed by atoms with Crippen LogP contribution in [0.2, 0.25) is 0 Å². The van der Waals surface area contributed by atoms with Crippen molar-refractivity contribution in [1.82, 2.24) is 4.75 Å². The van der Waals surface area contributed by atoms with Crippen LogP contribution in [0.3, 0.4) is 0 Å². The van der Waals surface area contributed by atoms with Gasteiger partial charge in [-0.05, 0) is 24.7 Å². The summed E-state index contributed by atoms with van der Waals surface area (Å²) < 4.78 is 3.09. The second kappa shape index (κ2) is 1.67. The normalized spacial score (nSPS) is 10.6. The third kappa shape index (κ3) is 0.834. The van der Waals surface area contributed by atoms with Crippen LogP contribution >= 0.6 is 8.35 Å². The molecule has 1 aromatic heterocycles. The van der Waals surface area contributed by atoms with E-state index in [1.54, 1.807) is 0 Å². The maximum absolute atomic E-state index is 3.09. The van der Waals surface area contributed by atoms with E-state index in [0.29, 0.717) is 0 Å². The van der Waals surface area contributed by atoms with Gasteiger partial charge in [-0.25, -0.2) is 0 Å². The van der Waals surface area contributed by atoms with Crippen LogP contribution in [-0.2, 0) is 0 Å². The molecule has 2 heteroatoms. The SMILES string of the molecule is Cc1c[nH]pc1C. The van der Waals surface area contributed by atoms with Gasteiger partial charge in [0.15, 0.2) is 0 Å². The molecular formula is C5H8NP.